The van der Waals surface area contributed by atoms with Gasteiger partial charge in [-0.15, -0.1) is 12.8 Å². The van der Waals surface area contributed by atoms with Gasteiger partial charge >= 0.3 is 5.97 Å². The Morgan fingerprint density at radius 1 is 0.512 bits per heavy atom. The summed E-state index contributed by atoms with van der Waals surface area (Å²) in [6.07, 6.45) is 16.3. The highest BCUT2D eigenvalue weighted by Crippen LogP contribution is 2.15. The maximum absolute atomic E-state index is 12.2. The number of halogens is 2. The number of piperazine rings is 4. The van der Waals surface area contributed by atoms with E-state index in [-0.39, 0.29) is 21.7 Å². The molecule has 0 aliphatic carbocycles. The summed E-state index contributed by atoms with van der Waals surface area (Å²) in [4.78, 5) is 84.9. The predicted octanol–water partition coefficient (Wildman–Crippen LogP) is 4.44. The number of aromatic nitrogens is 10. The molecule has 84 heavy (non-hydrogen) atoms. The summed E-state index contributed by atoms with van der Waals surface area (Å²) in [5, 5.41) is 17.6. The van der Waals surface area contributed by atoms with Crippen LogP contribution in [0.2, 0.25) is 5.28 Å². The molecule has 0 bridgehead atoms. The number of amides is 2. The highest BCUT2D eigenvalue weighted by Gasteiger charge is 2.23. The van der Waals surface area contributed by atoms with Gasteiger partial charge in [-0.2, -0.15) is 9.90 Å². The molecule has 10 rings (SSSR count). The minimum atomic E-state index is -1.22. The third-order valence-corrected chi connectivity index (χ3v) is 12.6. The van der Waals surface area contributed by atoms with Crippen LogP contribution in [0, 0.1) is 95.5 Å². The zero-order valence-electron chi connectivity index (χ0n) is 49.2. The highest BCUT2D eigenvalue weighted by molar-refractivity contribution is 14.1. The number of aliphatic carboxylic acids is 1. The predicted molar refractivity (Wildman–Crippen MR) is 344 cm³/mol. The first kappa shape index (κ1) is 70.7. The minimum Gasteiger partial charge on any atom is -0.472 e. The number of carbonyl (C=O) groups excluding carboxylic acids is 2. The van der Waals surface area contributed by atoms with Crippen molar-refractivity contribution in [3.63, 3.8) is 0 Å². The number of terminal acetylenes is 2. The first-order valence-electron chi connectivity index (χ1n) is 26.9. The van der Waals surface area contributed by atoms with Crippen molar-refractivity contribution in [3.05, 3.63) is 133 Å². The van der Waals surface area contributed by atoms with Crippen LogP contribution < -0.4 is 30.7 Å². The Hall–Kier alpha value is -7.56. The second-order valence-corrected chi connectivity index (χ2v) is 20.4. The number of pyridine rings is 2. The fourth-order valence-corrected chi connectivity index (χ4v) is 8.63. The molecule has 1 atom stereocenters. The van der Waals surface area contributed by atoms with E-state index in [2.05, 4.69) is 127 Å². The third-order valence-electron chi connectivity index (χ3n) is 11.8. The number of carboxylic acid groups (broad SMARTS) is 1. The molecule has 4 N–H and O–H groups in total. The Morgan fingerprint density at radius 2 is 0.857 bits per heavy atom. The van der Waals surface area contributed by atoms with Crippen LogP contribution in [0.15, 0.2) is 73.3 Å². The van der Waals surface area contributed by atoms with Gasteiger partial charge in [-0.1, -0.05) is 5.92 Å². The third kappa shape index (κ3) is 28.1. The fourth-order valence-electron chi connectivity index (χ4n) is 7.99. The summed E-state index contributed by atoms with van der Waals surface area (Å²) in [5.74, 6) is 9.88. The van der Waals surface area contributed by atoms with Crippen molar-refractivity contribution in [1.29, 1.82) is 0 Å². The maximum Gasteiger partial charge on any atom is 0.381 e. The van der Waals surface area contributed by atoms with Crippen LogP contribution in [0.5, 0.6) is 0 Å². The van der Waals surface area contributed by atoms with Crippen LogP contribution >= 0.6 is 44.1 Å². The topological polar surface area (TPSA) is 253 Å². The molecular weight excluding hydrogens is 1220 g/mol. The number of rotatable bonds is 3. The van der Waals surface area contributed by atoms with Crippen LogP contribution in [-0.2, 0) is 14.4 Å². The van der Waals surface area contributed by atoms with Gasteiger partial charge in [0.15, 0.2) is 0 Å². The number of aryl methyl sites for hydroxylation is 8. The standard InChI is InChI=1S/C18H19N5O.C13H16N4O.C10H16N4.C6H7ClN2.C5H4IN.C4H10N2.C3H2O2.H3P/c1-14-12-15(2)21-18(20-14)23-10-8-22(9-11-23)17(24)6-5-16-4-3-7-19-13-16;1-4-12(18)16-5-7-17(8-6-16)13-14-10(2)9-11(3)15-13;1-8-7-9(2)13-10(12-8)14-5-3-11-4-6-14;1-4-3-5(2)9-6(7)8-4;6-5-2-1-3-7-4-5;1-2-6-4-3-5-1;1-2-3(4)5;/h3-4,7,12-13H,8-11H2,1-2H3;1,9H,5-8H2,2-3H3;7,11H,3-6H2,1-2H3;3H,1-2H3;1-4H;5-6H,1-4H2;1H,(H,4,5);1H3. The molecule has 4 aliphatic rings. The van der Waals surface area contributed by atoms with Crippen molar-refractivity contribution in [1.82, 2.24) is 75.6 Å². The van der Waals surface area contributed by atoms with E-state index >= 15 is 0 Å². The first-order valence-corrected chi connectivity index (χ1v) is 28.3. The van der Waals surface area contributed by atoms with Gasteiger partial charge in [0.1, 0.15) is 0 Å². The van der Waals surface area contributed by atoms with Crippen LogP contribution in [0.4, 0.5) is 17.8 Å². The monoisotopic (exact) mass is 1290 g/mol. The summed E-state index contributed by atoms with van der Waals surface area (Å²) < 4.78 is 1.18. The van der Waals surface area contributed by atoms with Gasteiger partial charge in [0.2, 0.25) is 23.1 Å². The number of carbonyl (C=O) groups is 3. The highest BCUT2D eigenvalue weighted by atomic mass is 127. The van der Waals surface area contributed by atoms with Gasteiger partial charge in [0.25, 0.3) is 11.8 Å². The molecule has 0 spiro atoms. The lowest BCUT2D eigenvalue weighted by atomic mass is 10.2. The summed E-state index contributed by atoms with van der Waals surface area (Å²) in [7, 11) is 0. The van der Waals surface area contributed by atoms with Crippen LogP contribution in [0.1, 0.15) is 51.1 Å². The average Bonchev–Trinajstić information content (AvgIpc) is 3.63. The largest absolute Gasteiger partial charge is 0.472 e. The molecule has 1 unspecified atom stereocenters. The lowest BCUT2D eigenvalue weighted by Gasteiger charge is -2.33. The van der Waals surface area contributed by atoms with Crippen molar-refractivity contribution in [3.8, 4) is 36.5 Å². The Morgan fingerprint density at radius 3 is 1.15 bits per heavy atom. The molecule has 10 heterocycles. The van der Waals surface area contributed by atoms with E-state index in [9.17, 15) is 9.59 Å². The number of nitrogens with one attached hydrogen (secondary N) is 3. The Kier molecular flexibility index (Phi) is 32.9. The maximum atomic E-state index is 12.2. The molecular formula is C59H77ClIN18O4P. The Bertz CT molecular complexity index is 3010. The van der Waals surface area contributed by atoms with Gasteiger partial charge in [0.05, 0.1) is 0 Å². The van der Waals surface area contributed by atoms with E-state index < -0.39 is 5.97 Å². The van der Waals surface area contributed by atoms with E-state index in [0.29, 0.717) is 44.6 Å². The fraction of sp³-hybridized carbons (Fsp3) is 0.407. The Labute approximate surface area is 516 Å². The molecule has 2 amide bonds. The van der Waals surface area contributed by atoms with Crippen molar-refractivity contribution in [2.75, 3.05) is 119 Å². The molecule has 25 heteroatoms. The van der Waals surface area contributed by atoms with E-state index in [1.807, 2.05) is 104 Å². The van der Waals surface area contributed by atoms with Gasteiger partial charge in [-0.3, -0.25) is 19.6 Å². The summed E-state index contributed by atoms with van der Waals surface area (Å²) in [5.41, 5.74) is 8.49. The van der Waals surface area contributed by atoms with E-state index in [0.717, 1.165) is 134 Å². The van der Waals surface area contributed by atoms with Crippen molar-refractivity contribution >= 4 is 79.7 Å². The molecule has 4 fully saturated rings. The molecule has 6 aromatic heterocycles. The van der Waals surface area contributed by atoms with Crippen LogP contribution in [-0.4, -0.2) is 187 Å². The lowest BCUT2D eigenvalue weighted by Crippen LogP contribution is -2.49. The molecule has 4 aliphatic heterocycles. The van der Waals surface area contributed by atoms with Gasteiger partial charge in [-0.05, 0) is 144 Å². The van der Waals surface area contributed by atoms with Crippen LogP contribution in [0.25, 0.3) is 0 Å². The first-order chi connectivity index (χ1) is 39.8. The Balaban J connectivity index is 0.000000274. The zero-order valence-corrected chi connectivity index (χ0v) is 53.6. The number of carboxylic acids is 1. The van der Waals surface area contributed by atoms with Crippen molar-refractivity contribution in [2.45, 2.75) is 55.4 Å². The molecule has 4 saturated heterocycles. The smallest absolute Gasteiger partial charge is 0.381 e. The summed E-state index contributed by atoms with van der Waals surface area (Å²) in [6, 6.07) is 15.4. The summed E-state index contributed by atoms with van der Waals surface area (Å²) >= 11 is 7.75. The molecule has 0 aromatic carbocycles. The number of anilines is 3. The van der Waals surface area contributed by atoms with Gasteiger partial charge < -0.3 is 45.6 Å². The van der Waals surface area contributed by atoms with Crippen molar-refractivity contribution in [2.24, 2.45) is 0 Å². The molecule has 446 valence electrons. The van der Waals surface area contributed by atoms with Crippen LogP contribution in [0.3, 0.4) is 0 Å². The molecule has 6 aromatic rings. The average molecular weight is 1300 g/mol. The van der Waals surface area contributed by atoms with E-state index in [1.54, 1.807) is 34.5 Å². The molecule has 22 nitrogen and oxygen atoms in total. The quantitative estimate of drug-likeness (QED) is 0.0827. The number of nitrogens with zero attached hydrogens (tertiary/aromatic N) is 15. The normalized spacial score (nSPS) is 14.0. The second kappa shape index (κ2) is 39.1. The second-order valence-electron chi connectivity index (χ2n) is 18.8. The van der Waals surface area contributed by atoms with Gasteiger partial charge in [0, 0.05) is 196 Å². The summed E-state index contributed by atoms with van der Waals surface area (Å²) in [6.45, 7) is 29.6. The van der Waals surface area contributed by atoms with Gasteiger partial charge in [-0.25, -0.2) is 44.7 Å². The SMILES string of the molecule is C#CC(=O)N1CCN(c2nc(C)cc(C)n2)CC1.C#CC(=O)O.C1CNCCN1.Cc1cc(C)nc(Cl)n1.Cc1cc(C)nc(N2CCN(C(=O)C#Cc3cccnc3)CC2)n1.Cc1cc(C)nc(N2CCNCC2)n1.Ic1cccnc1.P. The number of hydrogen-bond donors (Lipinski definition) is 4. The lowest BCUT2D eigenvalue weighted by molar-refractivity contribution is -0.130. The van der Waals surface area contributed by atoms with E-state index in [4.69, 9.17) is 27.9 Å². The van der Waals surface area contributed by atoms with Crippen molar-refractivity contribution < 1.29 is 19.5 Å². The van der Waals surface area contributed by atoms with E-state index in [1.165, 1.54) is 9.49 Å². The number of hydrogen-bond acceptors (Lipinski definition) is 19. The minimum absolute atomic E-state index is 0. The molecule has 0 saturated carbocycles. The molecule has 0 radical (unpaired) electrons. The zero-order chi connectivity index (χ0) is 60.5.